The second-order valence-electron chi connectivity index (χ2n) is 8.80. The van der Waals surface area contributed by atoms with Crippen LogP contribution >= 0.6 is 38.9 Å². The van der Waals surface area contributed by atoms with Gasteiger partial charge in [0.15, 0.2) is 4.80 Å². The van der Waals surface area contributed by atoms with Crippen LogP contribution in [0.3, 0.4) is 0 Å². The first kappa shape index (κ1) is 27.1. The summed E-state index contributed by atoms with van der Waals surface area (Å²) in [6.45, 7) is 2.28. The van der Waals surface area contributed by atoms with E-state index in [4.69, 9.17) is 26.1 Å². The Bertz CT molecular complexity index is 1740. The number of halogens is 2. The summed E-state index contributed by atoms with van der Waals surface area (Å²) in [4.78, 5) is 32.1. The summed E-state index contributed by atoms with van der Waals surface area (Å²) in [7, 11) is 1.34. The molecule has 1 aromatic heterocycles. The Balaban J connectivity index is 1.63. The number of fused-ring (bicyclic) bond motifs is 1. The number of aromatic nitrogens is 1. The van der Waals surface area contributed by atoms with Gasteiger partial charge in [0.2, 0.25) is 0 Å². The number of ether oxygens (including phenoxy) is 2. The number of nitrogens with zero attached hydrogens (tertiary/aromatic N) is 2. The zero-order chi connectivity index (χ0) is 27.5. The van der Waals surface area contributed by atoms with Crippen LogP contribution in [0.15, 0.2) is 98.3 Å². The molecule has 0 fully saturated rings. The molecule has 0 saturated heterocycles. The minimum Gasteiger partial charge on any atom is -0.488 e. The molecule has 0 radical (unpaired) electrons. The Kier molecular flexibility index (Phi) is 8.16. The maximum absolute atomic E-state index is 13.9. The van der Waals surface area contributed by atoms with Crippen LogP contribution in [-0.4, -0.2) is 17.6 Å². The smallest absolute Gasteiger partial charge is 0.338 e. The number of carbonyl (C=O) groups excluding carboxylic acids is 1. The first-order chi connectivity index (χ1) is 18.9. The van der Waals surface area contributed by atoms with Crippen molar-refractivity contribution in [2.45, 2.75) is 26.0 Å². The average Bonchev–Trinajstić information content (AvgIpc) is 3.26. The van der Waals surface area contributed by atoms with Gasteiger partial charge in [-0.05, 0) is 54.0 Å². The van der Waals surface area contributed by atoms with Gasteiger partial charge in [0.05, 0.1) is 29.0 Å². The summed E-state index contributed by atoms with van der Waals surface area (Å²) >= 11 is 10.8. The molecule has 6 nitrogen and oxygen atoms in total. The zero-order valence-electron chi connectivity index (χ0n) is 21.2. The van der Waals surface area contributed by atoms with Crippen LogP contribution in [0.4, 0.5) is 0 Å². The maximum Gasteiger partial charge on any atom is 0.338 e. The third kappa shape index (κ3) is 5.64. The predicted molar refractivity (Wildman–Crippen MR) is 157 cm³/mol. The van der Waals surface area contributed by atoms with Crippen LogP contribution in [0.5, 0.6) is 5.75 Å². The maximum atomic E-state index is 13.9. The van der Waals surface area contributed by atoms with Gasteiger partial charge in [0.1, 0.15) is 12.4 Å². The van der Waals surface area contributed by atoms with E-state index in [1.165, 1.54) is 18.4 Å². The van der Waals surface area contributed by atoms with Crippen molar-refractivity contribution in [3.8, 4) is 5.75 Å². The molecular formula is C30H24BrClN2O4S. The number of hydrogen-bond acceptors (Lipinski definition) is 6. The normalized spacial score (nSPS) is 15.1. The third-order valence-electron chi connectivity index (χ3n) is 6.33. The van der Waals surface area contributed by atoms with Crippen LogP contribution < -0.4 is 19.6 Å². The van der Waals surface area contributed by atoms with Crippen molar-refractivity contribution in [1.29, 1.82) is 0 Å². The molecule has 1 aliphatic rings. The lowest BCUT2D eigenvalue weighted by Crippen LogP contribution is -2.40. The van der Waals surface area contributed by atoms with Gasteiger partial charge < -0.3 is 9.47 Å². The number of carbonyl (C=O) groups is 1. The second kappa shape index (κ2) is 11.7. The predicted octanol–water partition coefficient (Wildman–Crippen LogP) is 5.79. The van der Waals surface area contributed by atoms with E-state index in [-0.39, 0.29) is 5.56 Å². The molecule has 0 N–H and O–H groups in total. The van der Waals surface area contributed by atoms with Crippen LogP contribution in [0.1, 0.15) is 36.1 Å². The molecule has 9 heteroatoms. The molecule has 4 aromatic rings. The summed E-state index contributed by atoms with van der Waals surface area (Å²) in [6.07, 6.45) is 2.33. The summed E-state index contributed by atoms with van der Waals surface area (Å²) < 4.78 is 14.2. The number of rotatable bonds is 7. The van der Waals surface area contributed by atoms with Crippen molar-refractivity contribution < 1.29 is 14.3 Å². The SMILES string of the molecule is CCC1=C(C(=O)OC)[C@H](c2ccccc2)n2c(s/c(=C\c3cc(Br)ccc3OCc3ccc(Cl)cc3)c2=O)=N1. The highest BCUT2D eigenvalue weighted by molar-refractivity contribution is 9.10. The molecule has 0 bridgehead atoms. The topological polar surface area (TPSA) is 69.9 Å². The van der Waals surface area contributed by atoms with E-state index in [0.717, 1.165) is 21.2 Å². The monoisotopic (exact) mass is 622 g/mol. The molecule has 3 aromatic carbocycles. The Hall–Kier alpha value is -3.46. The highest BCUT2D eigenvalue weighted by atomic mass is 79.9. The molecule has 5 rings (SSSR count). The fraction of sp³-hybridized carbons (Fsp3) is 0.167. The Morgan fingerprint density at radius 2 is 1.87 bits per heavy atom. The van der Waals surface area contributed by atoms with Crippen molar-refractivity contribution in [3.05, 3.63) is 130 Å². The quantitative estimate of drug-likeness (QED) is 0.244. The Morgan fingerprint density at radius 3 is 2.56 bits per heavy atom. The Labute approximate surface area is 242 Å². The first-order valence-corrected chi connectivity index (χ1v) is 14.2. The van der Waals surface area contributed by atoms with Crippen LogP contribution in [-0.2, 0) is 16.1 Å². The van der Waals surface area contributed by atoms with Gasteiger partial charge in [-0.1, -0.05) is 88.3 Å². The highest BCUT2D eigenvalue weighted by Gasteiger charge is 2.33. The molecule has 39 heavy (non-hydrogen) atoms. The van der Waals surface area contributed by atoms with E-state index in [1.807, 2.05) is 79.7 Å². The molecule has 0 amide bonds. The van der Waals surface area contributed by atoms with Crippen LogP contribution in [0.2, 0.25) is 5.02 Å². The number of allylic oxidation sites excluding steroid dienone is 1. The van der Waals surface area contributed by atoms with Gasteiger partial charge in [0, 0.05) is 15.1 Å². The standard InChI is InChI=1S/C30H24BrClN2O4S/c1-3-23-26(29(36)37-2)27(19-7-5-4-6-8-19)34-28(35)25(39-30(34)33-23)16-20-15-21(31)11-14-24(20)38-17-18-9-12-22(32)13-10-18/h4-16,27H,3,17H2,1-2H3/b25-16-/t27-/m0/s1. The zero-order valence-corrected chi connectivity index (χ0v) is 24.3. The molecule has 198 valence electrons. The molecule has 0 aliphatic carbocycles. The minimum atomic E-state index is -0.643. The number of methoxy groups -OCH3 is 1. The molecule has 0 spiro atoms. The van der Waals surface area contributed by atoms with E-state index < -0.39 is 12.0 Å². The van der Waals surface area contributed by atoms with Gasteiger partial charge in [-0.3, -0.25) is 9.36 Å². The fourth-order valence-corrected chi connectivity index (χ4v) is 5.98. The molecular weight excluding hydrogens is 600 g/mol. The van der Waals surface area contributed by atoms with E-state index in [1.54, 1.807) is 10.6 Å². The summed E-state index contributed by atoms with van der Waals surface area (Å²) in [6, 6.07) is 21.9. The molecule has 1 aliphatic heterocycles. The molecule has 2 heterocycles. The number of benzene rings is 3. The van der Waals surface area contributed by atoms with Crippen molar-refractivity contribution in [3.63, 3.8) is 0 Å². The second-order valence-corrected chi connectivity index (χ2v) is 11.2. The van der Waals surface area contributed by atoms with E-state index in [9.17, 15) is 9.59 Å². The largest absolute Gasteiger partial charge is 0.488 e. The van der Waals surface area contributed by atoms with Crippen molar-refractivity contribution in [2.24, 2.45) is 4.99 Å². The summed E-state index contributed by atoms with van der Waals surface area (Å²) in [5.41, 5.74) is 3.26. The van der Waals surface area contributed by atoms with Gasteiger partial charge in [-0.25, -0.2) is 9.79 Å². The lowest BCUT2D eigenvalue weighted by molar-refractivity contribution is -0.136. The number of thiazole rings is 1. The molecule has 1 atom stereocenters. The van der Waals surface area contributed by atoms with Crippen LogP contribution in [0.25, 0.3) is 6.08 Å². The average molecular weight is 624 g/mol. The third-order valence-corrected chi connectivity index (χ3v) is 8.06. The Morgan fingerprint density at radius 1 is 1.13 bits per heavy atom. The van der Waals surface area contributed by atoms with Gasteiger partial charge in [-0.15, -0.1) is 0 Å². The summed E-state index contributed by atoms with van der Waals surface area (Å²) in [5, 5.41) is 0.661. The first-order valence-electron chi connectivity index (χ1n) is 12.2. The molecule has 0 saturated carbocycles. The molecule has 0 unspecified atom stereocenters. The van der Waals surface area contributed by atoms with Gasteiger partial charge in [0.25, 0.3) is 5.56 Å². The minimum absolute atomic E-state index is 0.243. The summed E-state index contributed by atoms with van der Waals surface area (Å²) in [5.74, 6) is 0.131. The van der Waals surface area contributed by atoms with E-state index in [0.29, 0.717) is 44.4 Å². The fourth-order valence-electron chi connectivity index (χ4n) is 4.46. The van der Waals surface area contributed by atoms with Gasteiger partial charge >= 0.3 is 5.97 Å². The highest BCUT2D eigenvalue weighted by Crippen LogP contribution is 2.32. The van der Waals surface area contributed by atoms with Crippen molar-refractivity contribution in [2.75, 3.05) is 7.11 Å². The van der Waals surface area contributed by atoms with E-state index >= 15 is 0 Å². The number of esters is 1. The van der Waals surface area contributed by atoms with Crippen molar-refractivity contribution >= 4 is 50.9 Å². The van der Waals surface area contributed by atoms with Crippen molar-refractivity contribution in [1.82, 2.24) is 4.57 Å². The lowest BCUT2D eigenvalue weighted by atomic mass is 9.95. The van der Waals surface area contributed by atoms with E-state index in [2.05, 4.69) is 15.9 Å². The number of hydrogen-bond donors (Lipinski definition) is 0. The lowest BCUT2D eigenvalue weighted by Gasteiger charge is -2.25. The van der Waals surface area contributed by atoms with Crippen LogP contribution in [0, 0.1) is 0 Å². The van der Waals surface area contributed by atoms with Gasteiger partial charge in [-0.2, -0.15) is 0 Å².